The van der Waals surface area contributed by atoms with E-state index in [1.165, 1.54) is 59.0 Å². The molecular weight excluding hydrogens is 835 g/mol. The summed E-state index contributed by atoms with van der Waals surface area (Å²) in [6.07, 6.45) is 0. The first-order chi connectivity index (χ1) is 32.8. The van der Waals surface area contributed by atoms with Crippen molar-refractivity contribution < 1.29 is 0 Å². The number of aromatic nitrogens is 3. The van der Waals surface area contributed by atoms with Crippen LogP contribution in [-0.2, 0) is 0 Å². The number of benzene rings is 9. The van der Waals surface area contributed by atoms with Gasteiger partial charge in [0, 0.05) is 32.9 Å². The van der Waals surface area contributed by atoms with Crippen molar-refractivity contribution in [3.05, 3.63) is 261 Å². The third-order valence-corrected chi connectivity index (χ3v) is 25.7. The molecule has 0 aliphatic carbocycles. The van der Waals surface area contributed by atoms with Crippen molar-refractivity contribution in [2.45, 2.75) is 0 Å². The molecule has 0 amide bonds. The molecule has 0 radical (unpaired) electrons. The highest BCUT2D eigenvalue weighted by atomic mass is 28.5. The second-order valence-electron chi connectivity index (χ2n) is 17.1. The molecule has 4 heterocycles. The molecule has 12 aromatic rings. The lowest BCUT2D eigenvalue weighted by Gasteiger charge is -2.72. The molecule has 1 aliphatic rings. The normalized spacial score (nSPS) is 14.2. The second-order valence-corrected chi connectivity index (χ2v) is 24.8. The van der Waals surface area contributed by atoms with E-state index in [1.807, 2.05) is 0 Å². The SMILES string of the molecule is c1ccc(-n2c3ccccc3c3cc(N4[Si](c5ccccc5)(c5ccccc5)N(c5cccc(-n6c7ccccc7c7ccccc76)n5)[Si]4(c4ccccc4)c4ccccc4)ccc32)cc1. The molecule has 13 rings (SSSR count). The van der Waals surface area contributed by atoms with E-state index in [9.17, 15) is 0 Å². The van der Waals surface area contributed by atoms with E-state index in [4.69, 9.17) is 4.98 Å². The zero-order chi connectivity index (χ0) is 43.7. The van der Waals surface area contributed by atoms with E-state index in [1.54, 1.807) is 0 Å². The average molecular weight is 878 g/mol. The van der Waals surface area contributed by atoms with Crippen LogP contribution in [0, 0.1) is 0 Å². The van der Waals surface area contributed by atoms with Gasteiger partial charge in [0.1, 0.15) is 11.6 Å². The molecule has 0 bridgehead atoms. The third kappa shape index (κ3) is 5.41. The molecule has 1 saturated heterocycles. The van der Waals surface area contributed by atoms with Crippen molar-refractivity contribution in [3.63, 3.8) is 0 Å². The van der Waals surface area contributed by atoms with Gasteiger partial charge >= 0.3 is 16.8 Å². The van der Waals surface area contributed by atoms with Crippen molar-refractivity contribution in [1.29, 1.82) is 0 Å². The van der Waals surface area contributed by atoms with Crippen LogP contribution in [0.4, 0.5) is 11.5 Å². The minimum Gasteiger partial charge on any atom is -0.378 e. The summed E-state index contributed by atoms with van der Waals surface area (Å²) < 4.78 is 10.6. The molecule has 9 aromatic carbocycles. The van der Waals surface area contributed by atoms with Gasteiger partial charge in [-0.1, -0.05) is 200 Å². The first-order valence-corrected chi connectivity index (χ1v) is 26.4. The first kappa shape index (κ1) is 38.2. The molecule has 7 heteroatoms. The number of rotatable bonds is 8. The van der Waals surface area contributed by atoms with E-state index >= 15 is 0 Å². The topological polar surface area (TPSA) is 29.2 Å². The Morgan fingerprint density at radius 1 is 0.258 bits per heavy atom. The lowest BCUT2D eigenvalue weighted by atomic mass is 10.1. The largest absolute Gasteiger partial charge is 0.378 e. The number of pyridine rings is 1. The Balaban J connectivity index is 1.17. The Morgan fingerprint density at radius 2 is 0.636 bits per heavy atom. The minimum atomic E-state index is -3.31. The monoisotopic (exact) mass is 877 g/mol. The van der Waals surface area contributed by atoms with Crippen molar-refractivity contribution in [2.75, 3.05) is 8.46 Å². The summed E-state index contributed by atoms with van der Waals surface area (Å²) in [4.78, 5) is 5.91. The maximum atomic E-state index is 5.91. The Labute approximate surface area is 385 Å². The summed E-state index contributed by atoms with van der Waals surface area (Å²) >= 11 is 0. The molecular formula is C59H43N5Si2. The highest BCUT2D eigenvalue weighted by Crippen LogP contribution is 2.47. The van der Waals surface area contributed by atoms with Gasteiger partial charge in [0.25, 0.3) is 0 Å². The van der Waals surface area contributed by atoms with Crippen molar-refractivity contribution >= 4 is 92.7 Å². The lowest BCUT2D eigenvalue weighted by Crippen LogP contribution is -3.07. The van der Waals surface area contributed by atoms with Crippen LogP contribution < -0.4 is 29.2 Å². The van der Waals surface area contributed by atoms with Gasteiger partial charge < -0.3 is 13.0 Å². The fourth-order valence-electron chi connectivity index (χ4n) is 11.2. The van der Waals surface area contributed by atoms with Gasteiger partial charge in [0.2, 0.25) is 0 Å². The zero-order valence-electron chi connectivity index (χ0n) is 36.1. The fourth-order valence-corrected chi connectivity index (χ4v) is 26.2. The standard InChI is InChI=1S/C59H43N5Si2/c1-6-23-44(24-7-1)61-54-36-19-18-35-52(54)53-43-45(41-42-57(53)61)63-65(46-25-8-2-9-26-46,47-27-10-3-11-28-47)64(66(63,48-29-12-4-13-30-48)49-31-14-5-15-32-49)59-40-22-39-58(60-59)62-55-37-20-16-33-50(55)51-34-17-21-38-56(51)62/h1-43H. The smallest absolute Gasteiger partial charge is 0.319 e. The first-order valence-electron chi connectivity index (χ1n) is 22.6. The number of para-hydroxylation sites is 4. The Bertz CT molecular complexity index is 3500. The zero-order valence-corrected chi connectivity index (χ0v) is 38.1. The molecule has 66 heavy (non-hydrogen) atoms. The van der Waals surface area contributed by atoms with Gasteiger partial charge in [-0.3, -0.25) is 4.57 Å². The van der Waals surface area contributed by atoms with E-state index < -0.39 is 16.8 Å². The van der Waals surface area contributed by atoms with Crippen LogP contribution in [0.1, 0.15) is 0 Å². The van der Waals surface area contributed by atoms with E-state index in [2.05, 4.69) is 278 Å². The fraction of sp³-hybridized carbons (Fsp3) is 0. The van der Waals surface area contributed by atoms with Crippen molar-refractivity contribution in [2.24, 2.45) is 0 Å². The van der Waals surface area contributed by atoms with Crippen LogP contribution in [0.5, 0.6) is 0 Å². The summed E-state index contributed by atoms with van der Waals surface area (Å²) in [5, 5.41) is 10.1. The van der Waals surface area contributed by atoms with Gasteiger partial charge in [0.15, 0.2) is 0 Å². The molecule has 0 atom stereocenters. The summed E-state index contributed by atoms with van der Waals surface area (Å²) in [5.74, 6) is 1.86. The Kier molecular flexibility index (Phi) is 8.81. The highest BCUT2D eigenvalue weighted by molar-refractivity contribution is 7.38. The molecule has 0 N–H and O–H groups in total. The van der Waals surface area contributed by atoms with Crippen LogP contribution in [0.3, 0.4) is 0 Å². The summed E-state index contributed by atoms with van der Waals surface area (Å²) in [6.45, 7) is 0. The van der Waals surface area contributed by atoms with Gasteiger partial charge in [-0.15, -0.1) is 0 Å². The Morgan fingerprint density at radius 3 is 1.12 bits per heavy atom. The quantitative estimate of drug-likeness (QED) is 0.142. The van der Waals surface area contributed by atoms with Gasteiger partial charge in [-0.25, -0.2) is 4.98 Å². The third-order valence-electron chi connectivity index (χ3n) is 13.7. The lowest BCUT2D eigenvalue weighted by molar-refractivity contribution is 1.06. The van der Waals surface area contributed by atoms with Crippen molar-refractivity contribution in [3.8, 4) is 11.5 Å². The molecule has 5 nitrogen and oxygen atoms in total. The predicted octanol–water partition coefficient (Wildman–Crippen LogP) is 11.1. The Hall–Kier alpha value is -8.24. The number of hydrogen-bond acceptors (Lipinski definition) is 3. The molecule has 0 unspecified atom stereocenters. The maximum absolute atomic E-state index is 5.91. The maximum Gasteiger partial charge on any atom is 0.319 e. The minimum absolute atomic E-state index is 0.895. The number of nitrogens with zero attached hydrogens (tertiary/aromatic N) is 5. The van der Waals surface area contributed by atoms with Gasteiger partial charge in [0.05, 0.1) is 22.1 Å². The van der Waals surface area contributed by atoms with Crippen LogP contribution in [0.25, 0.3) is 55.1 Å². The van der Waals surface area contributed by atoms with Crippen LogP contribution in [0.15, 0.2) is 261 Å². The molecule has 1 aliphatic heterocycles. The number of fused-ring (bicyclic) bond motifs is 6. The average Bonchev–Trinajstić information content (AvgIpc) is 3.91. The summed E-state index contributed by atoms with van der Waals surface area (Å²) in [5.41, 5.74) is 7.00. The highest BCUT2D eigenvalue weighted by Gasteiger charge is 2.75. The molecule has 312 valence electrons. The summed E-state index contributed by atoms with van der Waals surface area (Å²) in [7, 11) is -6.63. The number of hydrogen-bond donors (Lipinski definition) is 0. The molecule has 0 spiro atoms. The predicted molar refractivity (Wildman–Crippen MR) is 280 cm³/mol. The van der Waals surface area contributed by atoms with Crippen LogP contribution >= 0.6 is 0 Å². The molecule has 1 fully saturated rings. The van der Waals surface area contributed by atoms with Gasteiger partial charge in [-0.05, 0) is 81.4 Å². The molecule has 0 saturated carbocycles. The molecule has 3 aromatic heterocycles. The van der Waals surface area contributed by atoms with Crippen molar-refractivity contribution in [1.82, 2.24) is 14.1 Å². The van der Waals surface area contributed by atoms with E-state index in [0.29, 0.717) is 0 Å². The number of anilines is 2. The van der Waals surface area contributed by atoms with E-state index in [0.717, 1.165) is 28.4 Å². The van der Waals surface area contributed by atoms with Crippen LogP contribution in [-0.4, -0.2) is 30.9 Å². The second kappa shape index (κ2) is 15.2. The van der Waals surface area contributed by atoms with Gasteiger partial charge in [-0.2, -0.15) is 0 Å². The summed E-state index contributed by atoms with van der Waals surface area (Å²) in [6, 6.07) is 96.2. The van der Waals surface area contributed by atoms with Crippen LogP contribution in [0.2, 0.25) is 0 Å². The van der Waals surface area contributed by atoms with E-state index in [-0.39, 0.29) is 0 Å².